The zero-order valence-electron chi connectivity index (χ0n) is 19.9. The van der Waals surface area contributed by atoms with Crippen LogP contribution in [0.25, 0.3) is 0 Å². The number of carbonyl (C=O) groups excluding carboxylic acids is 1. The van der Waals surface area contributed by atoms with E-state index in [0.29, 0.717) is 5.56 Å². The van der Waals surface area contributed by atoms with Crippen LogP contribution in [0.2, 0.25) is 0 Å². The van der Waals surface area contributed by atoms with Crippen molar-refractivity contribution in [3.63, 3.8) is 0 Å². The molecule has 4 rings (SSSR count). The normalized spacial score (nSPS) is 19.8. The molecule has 0 spiro atoms. The molecule has 0 radical (unpaired) electrons. The molecule has 1 N–H and O–H groups in total. The van der Waals surface area contributed by atoms with Crippen molar-refractivity contribution < 1.29 is 14.3 Å². The molecule has 2 aromatic carbocycles. The third kappa shape index (κ3) is 5.13. The fourth-order valence-electron chi connectivity index (χ4n) is 4.61. The Morgan fingerprint density at radius 3 is 2.30 bits per heavy atom. The van der Waals surface area contributed by atoms with Crippen molar-refractivity contribution in [1.29, 1.82) is 0 Å². The summed E-state index contributed by atoms with van der Waals surface area (Å²) in [5.41, 5.74) is 4.21. The summed E-state index contributed by atoms with van der Waals surface area (Å²) in [6.45, 7) is 10.2. The van der Waals surface area contributed by atoms with Crippen LogP contribution < -0.4 is 10.1 Å². The Morgan fingerprint density at radius 2 is 1.70 bits per heavy atom. The van der Waals surface area contributed by atoms with E-state index in [9.17, 15) is 4.79 Å². The van der Waals surface area contributed by atoms with Gasteiger partial charge < -0.3 is 14.8 Å². The van der Waals surface area contributed by atoms with Crippen LogP contribution in [-0.2, 0) is 4.74 Å². The first-order valence-corrected chi connectivity index (χ1v) is 12.2. The second-order valence-electron chi connectivity index (χ2n) is 8.73. The molecule has 1 amide bonds. The van der Waals surface area contributed by atoms with Crippen LogP contribution in [0.5, 0.6) is 5.75 Å². The molecule has 33 heavy (non-hydrogen) atoms. The van der Waals surface area contributed by atoms with Gasteiger partial charge in [0.25, 0.3) is 5.91 Å². The van der Waals surface area contributed by atoms with E-state index < -0.39 is 0 Å². The van der Waals surface area contributed by atoms with Crippen LogP contribution in [-0.4, -0.2) is 43.2 Å². The van der Waals surface area contributed by atoms with Gasteiger partial charge >= 0.3 is 0 Å². The average Bonchev–Trinajstić information content (AvgIpc) is 3.07. The van der Waals surface area contributed by atoms with E-state index in [1.807, 2.05) is 42.5 Å². The molecule has 6 heteroatoms. The molecule has 1 saturated heterocycles. The van der Waals surface area contributed by atoms with E-state index in [1.165, 1.54) is 16.0 Å². The minimum absolute atomic E-state index is 0.000675. The number of nitrogens with zero attached hydrogens (tertiary/aromatic N) is 1. The fourth-order valence-corrected chi connectivity index (χ4v) is 5.69. The predicted octanol–water partition coefficient (Wildman–Crippen LogP) is 5.82. The Morgan fingerprint density at radius 1 is 1.06 bits per heavy atom. The van der Waals surface area contributed by atoms with Gasteiger partial charge in [-0.1, -0.05) is 30.3 Å². The maximum atomic E-state index is 13.1. The molecule has 3 aromatic rings. The zero-order valence-corrected chi connectivity index (χ0v) is 20.7. The standard InChI is InChI=1S/C27H32N2O3S/c1-17-15-29(16-18(2)32-17)25(21-11-13-23(31-5)14-12-21)24-19(3)20(4)33-27(24)28-26(30)22-9-7-6-8-10-22/h6-14,17-18,25H,15-16H2,1-5H3,(H,28,30)/t17-,18-,25-/m0/s1. The molecule has 0 saturated carbocycles. The molecule has 0 unspecified atom stereocenters. The van der Waals surface area contributed by atoms with E-state index in [4.69, 9.17) is 9.47 Å². The molecular weight excluding hydrogens is 432 g/mol. The number of morpholine rings is 1. The number of rotatable bonds is 6. The van der Waals surface area contributed by atoms with Gasteiger partial charge in [0.15, 0.2) is 0 Å². The third-order valence-corrected chi connectivity index (χ3v) is 7.35. The summed E-state index contributed by atoms with van der Waals surface area (Å²) in [6, 6.07) is 17.6. The van der Waals surface area contributed by atoms with Gasteiger partial charge in [-0.2, -0.15) is 0 Å². The zero-order chi connectivity index (χ0) is 23.5. The average molecular weight is 465 g/mol. The van der Waals surface area contributed by atoms with Crippen LogP contribution in [0, 0.1) is 13.8 Å². The van der Waals surface area contributed by atoms with E-state index in [1.54, 1.807) is 18.4 Å². The fraction of sp³-hybridized carbons (Fsp3) is 0.370. The highest BCUT2D eigenvalue weighted by Crippen LogP contribution is 2.43. The molecule has 0 bridgehead atoms. The molecule has 1 aliphatic heterocycles. The van der Waals surface area contributed by atoms with Crippen molar-refractivity contribution >= 4 is 22.2 Å². The summed E-state index contributed by atoms with van der Waals surface area (Å²) in [4.78, 5) is 16.7. The lowest BCUT2D eigenvalue weighted by atomic mass is 9.93. The van der Waals surface area contributed by atoms with Crippen molar-refractivity contribution in [3.8, 4) is 5.75 Å². The molecule has 1 fully saturated rings. The Balaban J connectivity index is 1.78. The number of aryl methyl sites for hydroxylation is 1. The number of nitrogens with one attached hydrogen (secondary N) is 1. The first-order chi connectivity index (χ1) is 15.9. The van der Waals surface area contributed by atoms with Gasteiger partial charge in [0.2, 0.25) is 0 Å². The molecule has 2 heterocycles. The number of amides is 1. The predicted molar refractivity (Wildman–Crippen MR) is 135 cm³/mol. The van der Waals surface area contributed by atoms with E-state index >= 15 is 0 Å². The summed E-state index contributed by atoms with van der Waals surface area (Å²) < 4.78 is 11.4. The van der Waals surface area contributed by atoms with Gasteiger partial charge in [-0.25, -0.2) is 0 Å². The van der Waals surface area contributed by atoms with Gasteiger partial charge in [-0.15, -0.1) is 11.3 Å². The Hall–Kier alpha value is -2.67. The van der Waals surface area contributed by atoms with Crippen molar-refractivity contribution in [2.45, 2.75) is 45.9 Å². The summed E-state index contributed by atoms with van der Waals surface area (Å²) >= 11 is 1.65. The quantitative estimate of drug-likeness (QED) is 0.499. The largest absolute Gasteiger partial charge is 0.497 e. The van der Waals surface area contributed by atoms with Gasteiger partial charge in [-0.3, -0.25) is 9.69 Å². The number of benzene rings is 2. The summed E-state index contributed by atoms with van der Waals surface area (Å²) in [7, 11) is 1.68. The van der Waals surface area contributed by atoms with Crippen molar-refractivity contribution in [1.82, 2.24) is 4.90 Å². The molecule has 5 nitrogen and oxygen atoms in total. The molecule has 1 aliphatic rings. The van der Waals surface area contributed by atoms with Gasteiger partial charge in [0.1, 0.15) is 10.8 Å². The van der Waals surface area contributed by atoms with Crippen LogP contribution >= 0.6 is 11.3 Å². The number of hydrogen-bond acceptors (Lipinski definition) is 5. The number of ether oxygens (including phenoxy) is 2. The van der Waals surface area contributed by atoms with Crippen molar-refractivity contribution in [2.24, 2.45) is 0 Å². The Labute approximate surface area is 200 Å². The number of thiophene rings is 1. The summed E-state index contributed by atoms with van der Waals surface area (Å²) in [6.07, 6.45) is 0.272. The van der Waals surface area contributed by atoms with Gasteiger partial charge in [-0.05, 0) is 63.1 Å². The van der Waals surface area contributed by atoms with Gasteiger partial charge in [0, 0.05) is 29.1 Å². The van der Waals surface area contributed by atoms with Gasteiger partial charge in [0.05, 0.1) is 25.4 Å². The maximum absolute atomic E-state index is 13.1. The van der Waals surface area contributed by atoms with E-state index in [2.05, 4.69) is 50.0 Å². The molecule has 1 aromatic heterocycles. The van der Waals surface area contributed by atoms with E-state index in [0.717, 1.165) is 29.4 Å². The number of hydrogen-bond donors (Lipinski definition) is 1. The SMILES string of the molecule is COc1ccc([C@@H](c2c(NC(=O)c3ccccc3)sc(C)c2C)N2C[C@H](C)O[C@@H](C)C2)cc1. The number of anilines is 1. The lowest BCUT2D eigenvalue weighted by Gasteiger charge is -2.41. The number of methoxy groups -OCH3 is 1. The molecule has 0 aliphatic carbocycles. The van der Waals surface area contributed by atoms with Crippen molar-refractivity contribution in [3.05, 3.63) is 81.7 Å². The minimum Gasteiger partial charge on any atom is -0.497 e. The minimum atomic E-state index is -0.0877. The molecule has 3 atom stereocenters. The van der Waals surface area contributed by atoms with Crippen LogP contribution in [0.1, 0.15) is 51.8 Å². The lowest BCUT2D eigenvalue weighted by Crippen LogP contribution is -2.47. The maximum Gasteiger partial charge on any atom is 0.256 e. The Kier molecular flexibility index (Phi) is 7.17. The third-order valence-electron chi connectivity index (χ3n) is 6.21. The highest BCUT2D eigenvalue weighted by molar-refractivity contribution is 7.16. The smallest absolute Gasteiger partial charge is 0.256 e. The van der Waals surface area contributed by atoms with Crippen LogP contribution in [0.15, 0.2) is 54.6 Å². The van der Waals surface area contributed by atoms with Crippen molar-refractivity contribution in [2.75, 3.05) is 25.5 Å². The first-order valence-electron chi connectivity index (χ1n) is 11.4. The topological polar surface area (TPSA) is 50.8 Å². The molecule has 174 valence electrons. The van der Waals surface area contributed by atoms with E-state index in [-0.39, 0.29) is 24.2 Å². The van der Waals surface area contributed by atoms with Crippen LogP contribution in [0.3, 0.4) is 0 Å². The van der Waals surface area contributed by atoms with Crippen LogP contribution in [0.4, 0.5) is 5.00 Å². The highest BCUT2D eigenvalue weighted by Gasteiger charge is 2.34. The monoisotopic (exact) mass is 464 g/mol. The molecular formula is C27H32N2O3S. The number of carbonyl (C=O) groups is 1. The Bertz CT molecular complexity index is 1080. The second-order valence-corrected chi connectivity index (χ2v) is 9.96. The lowest BCUT2D eigenvalue weighted by molar-refractivity contribution is -0.0765. The second kappa shape index (κ2) is 10.1. The first kappa shape index (κ1) is 23.5. The summed E-state index contributed by atoms with van der Waals surface area (Å²) in [5, 5.41) is 4.13. The summed E-state index contributed by atoms with van der Waals surface area (Å²) in [5.74, 6) is 0.743. The highest BCUT2D eigenvalue weighted by atomic mass is 32.1.